The van der Waals surface area contributed by atoms with Crippen LogP contribution in [0.5, 0.6) is 0 Å². The van der Waals surface area contributed by atoms with Gasteiger partial charge < -0.3 is 10.6 Å². The Morgan fingerprint density at radius 2 is 1.90 bits per heavy atom. The van der Waals surface area contributed by atoms with Crippen LogP contribution in [0.15, 0.2) is 21.5 Å². The maximum atomic E-state index is 12.9. The lowest BCUT2D eigenvalue weighted by atomic mass is 10.2. The third-order valence-corrected chi connectivity index (χ3v) is 6.77. The van der Waals surface area contributed by atoms with Gasteiger partial charge in [0.05, 0.1) is 16.1 Å². The first-order valence-corrected chi connectivity index (χ1v) is 9.31. The fourth-order valence-corrected chi connectivity index (χ4v) is 5.90. The molecule has 1 atom stereocenters. The predicted octanol–water partition coefficient (Wildman–Crippen LogP) is 2.02. The average Bonchev–Trinajstić information content (AvgIpc) is 2.36. The van der Waals surface area contributed by atoms with Crippen LogP contribution in [0.25, 0.3) is 0 Å². The van der Waals surface area contributed by atoms with Crippen molar-refractivity contribution in [3.05, 3.63) is 26.7 Å². The first-order chi connectivity index (χ1) is 9.77. The standard InChI is InChI=1S/C12H16BrCl2N3O2S/c1-17-2-3-18(9(6-16)7-17)21(19,20)12-10(14)4-8(13)5-11(12)15/h4-5,9H,2-3,6-7,16H2,1H3. The summed E-state index contributed by atoms with van der Waals surface area (Å²) in [6.07, 6.45) is 0. The molecule has 1 aliphatic rings. The smallest absolute Gasteiger partial charge is 0.246 e. The van der Waals surface area contributed by atoms with Crippen molar-refractivity contribution < 1.29 is 8.42 Å². The maximum Gasteiger partial charge on any atom is 0.246 e. The summed E-state index contributed by atoms with van der Waals surface area (Å²) in [6, 6.07) is 2.76. The molecule has 5 nitrogen and oxygen atoms in total. The minimum atomic E-state index is -3.78. The van der Waals surface area contributed by atoms with Crippen LogP contribution in [-0.4, -0.2) is 56.9 Å². The van der Waals surface area contributed by atoms with Crippen molar-refractivity contribution in [2.45, 2.75) is 10.9 Å². The molecule has 1 fully saturated rings. The highest BCUT2D eigenvalue weighted by molar-refractivity contribution is 9.10. The van der Waals surface area contributed by atoms with Crippen molar-refractivity contribution in [1.82, 2.24) is 9.21 Å². The van der Waals surface area contributed by atoms with Crippen LogP contribution in [0, 0.1) is 0 Å². The Morgan fingerprint density at radius 1 is 1.33 bits per heavy atom. The van der Waals surface area contributed by atoms with Crippen molar-refractivity contribution >= 4 is 49.2 Å². The molecule has 21 heavy (non-hydrogen) atoms. The Labute approximate surface area is 143 Å². The second-order valence-electron chi connectivity index (χ2n) is 4.97. The number of halogens is 3. The van der Waals surface area contributed by atoms with Gasteiger partial charge in [-0.25, -0.2) is 8.42 Å². The van der Waals surface area contributed by atoms with Crippen molar-refractivity contribution in [1.29, 1.82) is 0 Å². The highest BCUT2D eigenvalue weighted by Crippen LogP contribution is 2.35. The normalized spacial score (nSPS) is 21.7. The van der Waals surface area contributed by atoms with E-state index in [1.165, 1.54) is 16.4 Å². The minimum absolute atomic E-state index is 0.0583. The molecule has 9 heteroatoms. The Bertz CT molecular complexity index is 618. The largest absolute Gasteiger partial charge is 0.329 e. The Balaban J connectivity index is 2.47. The van der Waals surface area contributed by atoms with Gasteiger partial charge in [-0.2, -0.15) is 4.31 Å². The summed E-state index contributed by atoms with van der Waals surface area (Å²) >= 11 is 15.4. The van der Waals surface area contributed by atoms with Crippen LogP contribution in [0.1, 0.15) is 0 Å². The van der Waals surface area contributed by atoms with E-state index in [4.69, 9.17) is 28.9 Å². The van der Waals surface area contributed by atoms with E-state index >= 15 is 0 Å². The number of piperazine rings is 1. The first-order valence-electron chi connectivity index (χ1n) is 6.32. The van der Waals surface area contributed by atoms with E-state index in [-0.39, 0.29) is 27.5 Å². The number of likely N-dealkylation sites (N-methyl/N-ethyl adjacent to an activating group) is 1. The summed E-state index contributed by atoms with van der Waals surface area (Å²) in [5.74, 6) is 0. The SMILES string of the molecule is CN1CCN(S(=O)(=O)c2c(Cl)cc(Br)cc2Cl)C(CN)C1. The molecule has 0 aromatic heterocycles. The van der Waals surface area contributed by atoms with Crippen molar-refractivity contribution in [2.24, 2.45) is 5.73 Å². The van der Waals surface area contributed by atoms with Crippen molar-refractivity contribution in [3.8, 4) is 0 Å². The van der Waals surface area contributed by atoms with Gasteiger partial charge in [0.1, 0.15) is 4.90 Å². The number of rotatable bonds is 3. The average molecular weight is 417 g/mol. The molecule has 0 radical (unpaired) electrons. The topological polar surface area (TPSA) is 66.6 Å². The maximum absolute atomic E-state index is 12.9. The molecular formula is C12H16BrCl2N3O2S. The second kappa shape index (κ2) is 6.70. The van der Waals surface area contributed by atoms with Gasteiger partial charge in [-0.15, -0.1) is 0 Å². The molecule has 1 unspecified atom stereocenters. The van der Waals surface area contributed by atoms with Crippen LogP contribution in [0.2, 0.25) is 10.0 Å². The van der Waals surface area contributed by atoms with Gasteiger partial charge >= 0.3 is 0 Å². The third kappa shape index (κ3) is 3.55. The lowest BCUT2D eigenvalue weighted by molar-refractivity contribution is 0.164. The monoisotopic (exact) mass is 415 g/mol. The zero-order chi connectivity index (χ0) is 15.8. The second-order valence-corrected chi connectivity index (χ2v) is 8.52. The number of nitrogens with zero attached hydrogens (tertiary/aromatic N) is 2. The van der Waals surface area contributed by atoms with Crippen molar-refractivity contribution in [2.75, 3.05) is 33.2 Å². The van der Waals surface area contributed by atoms with Crippen LogP contribution >= 0.6 is 39.1 Å². The number of hydrogen-bond donors (Lipinski definition) is 1. The van der Waals surface area contributed by atoms with Gasteiger partial charge in [0.25, 0.3) is 0 Å². The van der Waals surface area contributed by atoms with E-state index in [1.807, 2.05) is 11.9 Å². The molecule has 0 spiro atoms. The van der Waals surface area contributed by atoms with Gasteiger partial charge in [0, 0.05) is 30.7 Å². The van der Waals surface area contributed by atoms with Crippen LogP contribution < -0.4 is 5.73 Å². The van der Waals surface area contributed by atoms with Gasteiger partial charge in [-0.05, 0) is 19.2 Å². The summed E-state index contributed by atoms with van der Waals surface area (Å²) in [7, 11) is -1.85. The summed E-state index contributed by atoms with van der Waals surface area (Å²) in [6.45, 7) is 1.84. The number of nitrogens with two attached hydrogens (primary N) is 1. The predicted molar refractivity (Wildman–Crippen MR) is 88.4 cm³/mol. The molecule has 0 bridgehead atoms. The Morgan fingerprint density at radius 3 is 2.43 bits per heavy atom. The number of sulfonamides is 1. The fraction of sp³-hybridized carbons (Fsp3) is 0.500. The molecule has 2 N–H and O–H groups in total. The summed E-state index contributed by atoms with van der Waals surface area (Å²) in [5, 5.41) is 0.202. The lowest BCUT2D eigenvalue weighted by Crippen LogP contribution is -2.56. The van der Waals surface area contributed by atoms with Gasteiger partial charge in [0.2, 0.25) is 10.0 Å². The van der Waals surface area contributed by atoms with E-state index in [2.05, 4.69) is 15.9 Å². The highest BCUT2D eigenvalue weighted by Gasteiger charge is 2.36. The summed E-state index contributed by atoms with van der Waals surface area (Å²) in [5.41, 5.74) is 5.72. The number of benzene rings is 1. The number of hydrogen-bond acceptors (Lipinski definition) is 4. The lowest BCUT2D eigenvalue weighted by Gasteiger charge is -2.38. The van der Waals surface area contributed by atoms with E-state index in [0.717, 1.165) is 0 Å². The molecule has 1 aromatic rings. The molecule has 118 valence electrons. The zero-order valence-corrected chi connectivity index (χ0v) is 15.3. The first kappa shape index (κ1) is 17.5. The van der Waals surface area contributed by atoms with Gasteiger partial charge in [0.15, 0.2) is 0 Å². The highest BCUT2D eigenvalue weighted by atomic mass is 79.9. The van der Waals surface area contributed by atoms with Crippen LogP contribution in [-0.2, 0) is 10.0 Å². The Kier molecular flexibility index (Phi) is 5.57. The van der Waals surface area contributed by atoms with E-state index in [0.29, 0.717) is 24.1 Å². The molecule has 0 aliphatic carbocycles. The molecule has 1 heterocycles. The molecule has 0 saturated carbocycles. The summed E-state index contributed by atoms with van der Waals surface area (Å²) in [4.78, 5) is 1.99. The fourth-order valence-electron chi connectivity index (χ4n) is 2.40. The molecule has 1 aliphatic heterocycles. The van der Waals surface area contributed by atoms with Crippen LogP contribution in [0.3, 0.4) is 0 Å². The van der Waals surface area contributed by atoms with E-state index < -0.39 is 10.0 Å². The van der Waals surface area contributed by atoms with E-state index in [9.17, 15) is 8.42 Å². The molecule has 1 saturated heterocycles. The quantitative estimate of drug-likeness (QED) is 0.818. The van der Waals surface area contributed by atoms with Gasteiger partial charge in [-0.1, -0.05) is 39.1 Å². The minimum Gasteiger partial charge on any atom is -0.329 e. The van der Waals surface area contributed by atoms with Crippen LogP contribution in [0.4, 0.5) is 0 Å². The van der Waals surface area contributed by atoms with Gasteiger partial charge in [-0.3, -0.25) is 0 Å². The third-order valence-electron chi connectivity index (χ3n) is 3.43. The summed E-state index contributed by atoms with van der Waals surface area (Å²) < 4.78 is 27.8. The molecular weight excluding hydrogens is 401 g/mol. The Hall–Kier alpha value is 0.110. The van der Waals surface area contributed by atoms with Crippen molar-refractivity contribution in [3.63, 3.8) is 0 Å². The molecule has 2 rings (SSSR count). The molecule has 1 aromatic carbocycles. The zero-order valence-electron chi connectivity index (χ0n) is 11.4. The molecule has 0 amide bonds. The van der Waals surface area contributed by atoms with E-state index in [1.54, 1.807) is 0 Å².